The standard InChI is InChI=1S/C15H17N3O/c1-2-5-14(6-3-1)17-8-10-18(11-9-17)16-13-15-7-4-12-19-15/h1-7,12-13H,8-11H2/b16-13-. The van der Waals surface area contributed by atoms with E-state index in [4.69, 9.17) is 4.42 Å². The van der Waals surface area contributed by atoms with Gasteiger partial charge in [-0.15, -0.1) is 0 Å². The molecule has 1 aromatic carbocycles. The van der Waals surface area contributed by atoms with Crippen LogP contribution in [0.2, 0.25) is 0 Å². The van der Waals surface area contributed by atoms with Gasteiger partial charge in [0.25, 0.3) is 0 Å². The van der Waals surface area contributed by atoms with E-state index in [0.29, 0.717) is 0 Å². The van der Waals surface area contributed by atoms with Gasteiger partial charge in [0, 0.05) is 18.8 Å². The quantitative estimate of drug-likeness (QED) is 0.790. The van der Waals surface area contributed by atoms with E-state index >= 15 is 0 Å². The highest BCUT2D eigenvalue weighted by molar-refractivity contribution is 5.75. The number of furan rings is 1. The number of hydrogen-bond acceptors (Lipinski definition) is 4. The van der Waals surface area contributed by atoms with Crippen LogP contribution in [0.4, 0.5) is 5.69 Å². The summed E-state index contributed by atoms with van der Waals surface area (Å²) in [6.07, 6.45) is 3.44. The predicted molar refractivity (Wildman–Crippen MR) is 76.5 cm³/mol. The zero-order valence-corrected chi connectivity index (χ0v) is 10.8. The van der Waals surface area contributed by atoms with Crippen LogP contribution in [0.5, 0.6) is 0 Å². The van der Waals surface area contributed by atoms with Crippen LogP contribution >= 0.6 is 0 Å². The fourth-order valence-corrected chi connectivity index (χ4v) is 2.21. The lowest BCUT2D eigenvalue weighted by Crippen LogP contribution is -2.44. The predicted octanol–water partition coefficient (Wildman–Crippen LogP) is 2.44. The van der Waals surface area contributed by atoms with Crippen LogP contribution in [0, 0.1) is 0 Å². The van der Waals surface area contributed by atoms with Crippen molar-refractivity contribution >= 4 is 11.9 Å². The van der Waals surface area contributed by atoms with E-state index in [2.05, 4.69) is 39.3 Å². The Morgan fingerprint density at radius 1 is 0.947 bits per heavy atom. The minimum absolute atomic E-state index is 0.797. The highest BCUT2D eigenvalue weighted by Gasteiger charge is 2.15. The van der Waals surface area contributed by atoms with Crippen molar-refractivity contribution in [3.63, 3.8) is 0 Å². The summed E-state index contributed by atoms with van der Waals surface area (Å²) in [6, 6.07) is 14.3. The lowest BCUT2D eigenvalue weighted by molar-refractivity contribution is 0.271. The first-order chi connectivity index (χ1) is 9.42. The summed E-state index contributed by atoms with van der Waals surface area (Å²) in [6.45, 7) is 3.87. The van der Waals surface area contributed by atoms with Crippen molar-refractivity contribution in [2.75, 3.05) is 31.1 Å². The zero-order chi connectivity index (χ0) is 12.9. The summed E-state index contributed by atoms with van der Waals surface area (Å²) in [4.78, 5) is 2.39. The van der Waals surface area contributed by atoms with E-state index < -0.39 is 0 Å². The minimum atomic E-state index is 0.797. The zero-order valence-electron chi connectivity index (χ0n) is 10.8. The van der Waals surface area contributed by atoms with E-state index in [1.54, 1.807) is 12.5 Å². The maximum Gasteiger partial charge on any atom is 0.146 e. The summed E-state index contributed by atoms with van der Waals surface area (Å²) in [7, 11) is 0. The van der Waals surface area contributed by atoms with Gasteiger partial charge in [-0.2, -0.15) is 5.10 Å². The second-order valence-corrected chi connectivity index (χ2v) is 4.54. The van der Waals surface area contributed by atoms with Crippen molar-refractivity contribution in [1.82, 2.24) is 5.01 Å². The second kappa shape index (κ2) is 5.61. The Labute approximate surface area is 112 Å². The van der Waals surface area contributed by atoms with Gasteiger partial charge in [0.05, 0.1) is 25.6 Å². The molecular formula is C15H17N3O. The molecule has 2 aromatic rings. The molecule has 98 valence electrons. The average molecular weight is 255 g/mol. The van der Waals surface area contributed by atoms with E-state index in [1.807, 2.05) is 18.2 Å². The molecule has 4 nitrogen and oxygen atoms in total. The highest BCUT2D eigenvalue weighted by Crippen LogP contribution is 2.15. The van der Waals surface area contributed by atoms with Gasteiger partial charge >= 0.3 is 0 Å². The van der Waals surface area contributed by atoms with Gasteiger partial charge in [-0.3, -0.25) is 5.01 Å². The van der Waals surface area contributed by atoms with Gasteiger partial charge in [-0.1, -0.05) is 18.2 Å². The van der Waals surface area contributed by atoms with Crippen LogP contribution in [-0.4, -0.2) is 37.4 Å². The van der Waals surface area contributed by atoms with Gasteiger partial charge in [-0.05, 0) is 24.3 Å². The molecule has 1 saturated heterocycles. The monoisotopic (exact) mass is 255 g/mol. The number of benzene rings is 1. The lowest BCUT2D eigenvalue weighted by atomic mass is 10.2. The van der Waals surface area contributed by atoms with Crippen molar-refractivity contribution in [3.05, 3.63) is 54.5 Å². The highest BCUT2D eigenvalue weighted by atomic mass is 16.3. The topological polar surface area (TPSA) is 32.0 Å². The number of para-hydroxylation sites is 1. The van der Waals surface area contributed by atoms with Gasteiger partial charge in [0.15, 0.2) is 0 Å². The summed E-state index contributed by atoms with van der Waals surface area (Å²) < 4.78 is 5.23. The third-order valence-electron chi connectivity index (χ3n) is 3.27. The fraction of sp³-hybridized carbons (Fsp3) is 0.267. The molecule has 1 fully saturated rings. The molecule has 0 amide bonds. The number of rotatable bonds is 3. The normalized spacial score (nSPS) is 16.2. The number of hydrazone groups is 1. The Kier molecular flexibility index (Phi) is 3.49. The molecule has 4 heteroatoms. The molecule has 1 aromatic heterocycles. The second-order valence-electron chi connectivity index (χ2n) is 4.54. The fourth-order valence-electron chi connectivity index (χ4n) is 2.21. The van der Waals surface area contributed by atoms with Crippen molar-refractivity contribution in [2.24, 2.45) is 5.10 Å². The molecule has 0 unspecified atom stereocenters. The Balaban J connectivity index is 1.55. The number of hydrogen-bond donors (Lipinski definition) is 0. The van der Waals surface area contributed by atoms with Crippen molar-refractivity contribution < 1.29 is 4.42 Å². The Bertz CT molecular complexity index is 514. The smallest absolute Gasteiger partial charge is 0.146 e. The first-order valence-electron chi connectivity index (χ1n) is 6.54. The van der Waals surface area contributed by atoms with Crippen molar-refractivity contribution in [2.45, 2.75) is 0 Å². The van der Waals surface area contributed by atoms with Gasteiger partial charge in [0.2, 0.25) is 0 Å². The summed E-state index contributed by atoms with van der Waals surface area (Å²) in [5.41, 5.74) is 1.29. The molecule has 2 heterocycles. The molecule has 0 aliphatic carbocycles. The van der Waals surface area contributed by atoms with Gasteiger partial charge in [-0.25, -0.2) is 0 Å². The summed E-state index contributed by atoms with van der Waals surface area (Å²) in [5, 5.41) is 6.53. The SMILES string of the molecule is C(=N/N1CCN(c2ccccc2)CC1)/c1ccco1. The number of anilines is 1. The Hall–Kier alpha value is -2.23. The molecule has 0 atom stereocenters. The summed E-state index contributed by atoms with van der Waals surface area (Å²) >= 11 is 0. The van der Waals surface area contributed by atoms with E-state index in [9.17, 15) is 0 Å². The molecule has 3 rings (SSSR count). The third kappa shape index (κ3) is 2.96. The molecule has 1 aliphatic heterocycles. The van der Waals surface area contributed by atoms with Crippen LogP contribution in [0.3, 0.4) is 0 Å². The number of piperazine rings is 1. The van der Waals surface area contributed by atoms with Crippen LogP contribution in [0.1, 0.15) is 5.76 Å². The molecule has 0 bridgehead atoms. The Morgan fingerprint density at radius 2 is 1.74 bits per heavy atom. The first kappa shape index (κ1) is 11.8. The van der Waals surface area contributed by atoms with Crippen LogP contribution in [0.15, 0.2) is 58.2 Å². The first-order valence-corrected chi connectivity index (χ1v) is 6.54. The van der Waals surface area contributed by atoms with Crippen LogP contribution in [-0.2, 0) is 0 Å². The molecule has 0 radical (unpaired) electrons. The molecule has 1 aliphatic rings. The van der Waals surface area contributed by atoms with Gasteiger partial charge in [0.1, 0.15) is 5.76 Å². The van der Waals surface area contributed by atoms with E-state index in [0.717, 1.165) is 31.9 Å². The molecule has 0 N–H and O–H groups in total. The van der Waals surface area contributed by atoms with E-state index in [-0.39, 0.29) is 0 Å². The van der Waals surface area contributed by atoms with Crippen LogP contribution in [0.25, 0.3) is 0 Å². The minimum Gasteiger partial charge on any atom is -0.463 e. The maximum atomic E-state index is 5.23. The number of nitrogens with zero attached hydrogens (tertiary/aromatic N) is 3. The lowest BCUT2D eigenvalue weighted by Gasteiger charge is -2.34. The Morgan fingerprint density at radius 3 is 2.42 bits per heavy atom. The van der Waals surface area contributed by atoms with Crippen molar-refractivity contribution in [1.29, 1.82) is 0 Å². The van der Waals surface area contributed by atoms with E-state index in [1.165, 1.54) is 5.69 Å². The molecule has 19 heavy (non-hydrogen) atoms. The van der Waals surface area contributed by atoms with Crippen molar-refractivity contribution in [3.8, 4) is 0 Å². The average Bonchev–Trinajstić information content (AvgIpc) is 3.00. The maximum absolute atomic E-state index is 5.23. The van der Waals surface area contributed by atoms with Gasteiger partial charge < -0.3 is 9.32 Å². The largest absolute Gasteiger partial charge is 0.463 e. The molecule has 0 spiro atoms. The van der Waals surface area contributed by atoms with Crippen LogP contribution < -0.4 is 4.90 Å². The third-order valence-corrected chi connectivity index (χ3v) is 3.27. The molecule has 0 saturated carbocycles. The molecular weight excluding hydrogens is 238 g/mol. The summed E-state index contributed by atoms with van der Waals surface area (Å²) in [5.74, 6) is 0.797.